The fourth-order valence-electron chi connectivity index (χ4n) is 2.36. The van der Waals surface area contributed by atoms with E-state index in [-0.39, 0.29) is 0 Å². The van der Waals surface area contributed by atoms with E-state index in [1.54, 1.807) is 13.0 Å². The maximum atomic E-state index is 12.8. The molecule has 120 valence electrons. The zero-order valence-corrected chi connectivity index (χ0v) is 12.3. The smallest absolute Gasteiger partial charge is 0.369 e. The molecule has 1 aromatic carbocycles. The molecule has 0 saturated heterocycles. The van der Waals surface area contributed by atoms with Gasteiger partial charge in [0.1, 0.15) is 0 Å². The van der Waals surface area contributed by atoms with Gasteiger partial charge in [0.05, 0.1) is 5.56 Å². The summed E-state index contributed by atoms with van der Waals surface area (Å²) in [4.78, 5) is 6.06. The van der Waals surface area contributed by atoms with Gasteiger partial charge in [-0.25, -0.2) is 0 Å². The van der Waals surface area contributed by atoms with Gasteiger partial charge in [-0.05, 0) is 36.9 Å². The Bertz CT molecular complexity index is 762. The molecule has 23 heavy (non-hydrogen) atoms. The van der Waals surface area contributed by atoms with Crippen molar-refractivity contribution in [3.8, 4) is 0 Å². The van der Waals surface area contributed by atoms with Crippen LogP contribution in [0.15, 0.2) is 47.1 Å². The number of aryl methyl sites for hydroxylation is 1. The number of hydrogen-bond donors (Lipinski definition) is 0. The van der Waals surface area contributed by atoms with Crippen LogP contribution in [0.25, 0.3) is 5.57 Å². The van der Waals surface area contributed by atoms with Crippen LogP contribution >= 0.6 is 0 Å². The summed E-state index contributed by atoms with van der Waals surface area (Å²) in [5.74, 6) is 0.973. The zero-order valence-electron chi connectivity index (χ0n) is 12.3. The first-order valence-corrected chi connectivity index (χ1v) is 7.00. The minimum absolute atomic E-state index is 0.366. The van der Waals surface area contributed by atoms with Crippen molar-refractivity contribution in [3.05, 3.63) is 65.5 Å². The van der Waals surface area contributed by atoms with E-state index in [0.29, 0.717) is 30.4 Å². The number of nitrogens with zero attached hydrogens (tertiary/aromatic N) is 3. The molecule has 0 amide bonds. The van der Waals surface area contributed by atoms with Crippen LogP contribution in [0.2, 0.25) is 0 Å². The Morgan fingerprint density at radius 1 is 1.30 bits per heavy atom. The SMILES string of the molecule is Cc1noc(C2=CC=CN(Cc3cccc(C(F)(F)F)c3)C2)n1. The first kappa shape index (κ1) is 15.3. The number of benzene rings is 1. The van der Waals surface area contributed by atoms with Crippen LogP contribution in [0.1, 0.15) is 22.8 Å². The monoisotopic (exact) mass is 321 g/mol. The quantitative estimate of drug-likeness (QED) is 0.862. The molecule has 0 aliphatic carbocycles. The van der Waals surface area contributed by atoms with Crippen molar-refractivity contribution < 1.29 is 17.7 Å². The molecule has 0 atom stereocenters. The van der Waals surface area contributed by atoms with Gasteiger partial charge in [-0.3, -0.25) is 0 Å². The van der Waals surface area contributed by atoms with Gasteiger partial charge in [-0.15, -0.1) is 0 Å². The first-order chi connectivity index (χ1) is 10.9. The second-order valence-electron chi connectivity index (χ2n) is 5.28. The van der Waals surface area contributed by atoms with E-state index < -0.39 is 11.7 Å². The second-order valence-corrected chi connectivity index (χ2v) is 5.28. The molecule has 1 aliphatic heterocycles. The van der Waals surface area contributed by atoms with Crippen molar-refractivity contribution in [2.75, 3.05) is 6.54 Å². The van der Waals surface area contributed by atoms with Crippen molar-refractivity contribution in [3.63, 3.8) is 0 Å². The lowest BCUT2D eigenvalue weighted by molar-refractivity contribution is -0.137. The minimum atomic E-state index is -4.33. The molecule has 3 rings (SSSR count). The fraction of sp³-hybridized carbons (Fsp3) is 0.250. The fourth-order valence-corrected chi connectivity index (χ4v) is 2.36. The molecule has 0 unspecified atom stereocenters. The number of aromatic nitrogens is 2. The normalized spacial score (nSPS) is 15.0. The molecule has 7 heteroatoms. The van der Waals surface area contributed by atoms with E-state index in [0.717, 1.165) is 11.6 Å². The molecule has 2 heterocycles. The van der Waals surface area contributed by atoms with Gasteiger partial charge < -0.3 is 9.42 Å². The van der Waals surface area contributed by atoms with E-state index in [9.17, 15) is 13.2 Å². The van der Waals surface area contributed by atoms with Gasteiger partial charge in [0.2, 0.25) is 0 Å². The predicted molar refractivity (Wildman–Crippen MR) is 78.0 cm³/mol. The summed E-state index contributed by atoms with van der Waals surface area (Å²) in [6.07, 6.45) is 1.16. The third-order valence-corrected chi connectivity index (χ3v) is 3.41. The Labute approximate surface area is 130 Å². The van der Waals surface area contributed by atoms with E-state index >= 15 is 0 Å². The third kappa shape index (κ3) is 3.61. The summed E-state index contributed by atoms with van der Waals surface area (Å²) in [7, 11) is 0. The molecule has 1 aliphatic rings. The highest BCUT2D eigenvalue weighted by Crippen LogP contribution is 2.30. The predicted octanol–water partition coefficient (Wildman–Crippen LogP) is 3.81. The number of halogens is 3. The Hall–Kier alpha value is -2.57. The Kier molecular flexibility index (Phi) is 3.94. The van der Waals surface area contributed by atoms with Crippen LogP contribution in [0.3, 0.4) is 0 Å². The van der Waals surface area contributed by atoms with E-state index in [2.05, 4.69) is 10.1 Å². The lowest BCUT2D eigenvalue weighted by Crippen LogP contribution is -2.21. The van der Waals surface area contributed by atoms with Crippen LogP contribution in [0.4, 0.5) is 13.2 Å². The largest absolute Gasteiger partial charge is 0.416 e. The lowest BCUT2D eigenvalue weighted by Gasteiger charge is -2.23. The number of allylic oxidation sites excluding steroid dienone is 2. The Balaban J connectivity index is 1.73. The molecule has 0 fully saturated rings. The van der Waals surface area contributed by atoms with Crippen molar-refractivity contribution in [2.45, 2.75) is 19.6 Å². The van der Waals surface area contributed by atoms with Gasteiger partial charge in [0.25, 0.3) is 5.89 Å². The molecule has 0 N–H and O–H groups in total. The van der Waals surface area contributed by atoms with Crippen molar-refractivity contribution in [1.82, 2.24) is 15.0 Å². The molecule has 1 aromatic heterocycles. The van der Waals surface area contributed by atoms with Gasteiger partial charge in [-0.1, -0.05) is 23.4 Å². The lowest BCUT2D eigenvalue weighted by atomic mass is 10.1. The molecule has 4 nitrogen and oxygen atoms in total. The number of alkyl halides is 3. The van der Waals surface area contributed by atoms with Crippen LogP contribution in [0, 0.1) is 6.92 Å². The molecule has 0 radical (unpaired) electrons. The topological polar surface area (TPSA) is 42.2 Å². The summed E-state index contributed by atoms with van der Waals surface area (Å²) in [6, 6.07) is 5.34. The molecule has 2 aromatic rings. The minimum Gasteiger partial charge on any atom is -0.369 e. The summed E-state index contributed by atoms with van der Waals surface area (Å²) in [5.41, 5.74) is 0.784. The standard InChI is InChI=1S/C16H14F3N3O/c1-11-20-15(23-21-11)13-5-3-7-22(10-13)9-12-4-2-6-14(8-12)16(17,18)19/h2-8H,9-10H2,1H3. The van der Waals surface area contributed by atoms with E-state index in [1.165, 1.54) is 12.1 Å². The molecule has 0 bridgehead atoms. The van der Waals surface area contributed by atoms with Crippen LogP contribution in [-0.4, -0.2) is 21.6 Å². The van der Waals surface area contributed by atoms with E-state index in [4.69, 9.17) is 4.52 Å². The van der Waals surface area contributed by atoms with Gasteiger partial charge >= 0.3 is 6.18 Å². The summed E-state index contributed by atoms with van der Waals surface area (Å²) in [6.45, 7) is 2.59. The van der Waals surface area contributed by atoms with Gasteiger partial charge in [0, 0.05) is 18.7 Å². The molecule has 0 saturated carbocycles. The van der Waals surface area contributed by atoms with Crippen LogP contribution in [-0.2, 0) is 12.7 Å². The van der Waals surface area contributed by atoms with Crippen LogP contribution in [0.5, 0.6) is 0 Å². The molecule has 0 spiro atoms. The summed E-state index contributed by atoms with van der Waals surface area (Å²) < 4.78 is 43.4. The van der Waals surface area contributed by atoms with Crippen LogP contribution < -0.4 is 0 Å². The highest BCUT2D eigenvalue weighted by atomic mass is 19.4. The zero-order chi connectivity index (χ0) is 16.4. The highest BCUT2D eigenvalue weighted by Gasteiger charge is 2.30. The second kappa shape index (κ2) is 5.91. The maximum absolute atomic E-state index is 12.8. The van der Waals surface area contributed by atoms with Crippen molar-refractivity contribution in [2.24, 2.45) is 0 Å². The Morgan fingerprint density at radius 2 is 2.13 bits per heavy atom. The van der Waals surface area contributed by atoms with Crippen molar-refractivity contribution >= 4 is 5.57 Å². The average Bonchev–Trinajstić information content (AvgIpc) is 2.94. The highest BCUT2D eigenvalue weighted by molar-refractivity contribution is 5.63. The average molecular weight is 321 g/mol. The van der Waals surface area contributed by atoms with Gasteiger partial charge in [-0.2, -0.15) is 18.2 Å². The summed E-state index contributed by atoms with van der Waals surface area (Å²) >= 11 is 0. The van der Waals surface area contributed by atoms with Crippen molar-refractivity contribution in [1.29, 1.82) is 0 Å². The molecular weight excluding hydrogens is 307 g/mol. The number of rotatable bonds is 3. The number of hydrogen-bond acceptors (Lipinski definition) is 4. The third-order valence-electron chi connectivity index (χ3n) is 3.41. The van der Waals surface area contributed by atoms with Gasteiger partial charge in [0.15, 0.2) is 5.82 Å². The van der Waals surface area contributed by atoms with E-state index in [1.807, 2.05) is 23.3 Å². The summed E-state index contributed by atoms with van der Waals surface area (Å²) in [5, 5.41) is 3.74. The first-order valence-electron chi connectivity index (χ1n) is 7.00. The molecular formula is C16H14F3N3O. The Morgan fingerprint density at radius 3 is 2.83 bits per heavy atom. The maximum Gasteiger partial charge on any atom is 0.416 e.